The first-order chi connectivity index (χ1) is 8.30. The summed E-state index contributed by atoms with van der Waals surface area (Å²) >= 11 is 5.84. The number of nitrogen functional groups attached to an aromatic ring is 1. The van der Waals surface area contributed by atoms with E-state index >= 15 is 0 Å². The fourth-order valence-electron chi connectivity index (χ4n) is 1.38. The van der Waals surface area contributed by atoms with Gasteiger partial charge in [0.05, 0.1) is 11.3 Å². The number of rotatable bonds is 1. The monoisotopic (exact) mass is 276 g/mol. The zero-order chi connectivity index (χ0) is 13.5. The van der Waals surface area contributed by atoms with E-state index in [0.29, 0.717) is 5.69 Å². The summed E-state index contributed by atoms with van der Waals surface area (Å²) in [6.07, 6.45) is -3.70. The van der Waals surface area contributed by atoms with Gasteiger partial charge in [-0.05, 0) is 19.1 Å². The van der Waals surface area contributed by atoms with Crippen molar-refractivity contribution in [1.82, 2.24) is 14.8 Å². The number of alkyl halides is 3. The van der Waals surface area contributed by atoms with Crippen LogP contribution in [-0.2, 0) is 6.18 Å². The molecule has 0 aromatic carbocycles. The van der Waals surface area contributed by atoms with Gasteiger partial charge in [-0.3, -0.25) is 0 Å². The molecule has 0 fully saturated rings. The lowest BCUT2D eigenvalue weighted by Crippen LogP contribution is -2.08. The molecule has 0 saturated carbocycles. The third-order valence-corrected chi connectivity index (χ3v) is 2.78. The molecule has 0 bridgehead atoms. The van der Waals surface area contributed by atoms with Crippen LogP contribution in [0.5, 0.6) is 0 Å². The van der Waals surface area contributed by atoms with Crippen LogP contribution in [0.15, 0.2) is 18.3 Å². The van der Waals surface area contributed by atoms with Gasteiger partial charge in [-0.1, -0.05) is 11.6 Å². The van der Waals surface area contributed by atoms with Gasteiger partial charge in [-0.25, -0.2) is 4.98 Å². The normalized spacial score (nSPS) is 11.8. The predicted molar refractivity (Wildman–Crippen MR) is 60.5 cm³/mol. The maximum Gasteiger partial charge on any atom is 0.417 e. The highest BCUT2D eigenvalue weighted by atomic mass is 35.5. The molecule has 2 rings (SSSR count). The van der Waals surface area contributed by atoms with Crippen LogP contribution in [0.3, 0.4) is 0 Å². The van der Waals surface area contributed by atoms with Crippen LogP contribution < -0.4 is 5.73 Å². The minimum Gasteiger partial charge on any atom is -0.382 e. The number of anilines is 1. The Hall–Kier alpha value is -1.76. The number of halogens is 4. The lowest BCUT2D eigenvalue weighted by Gasteiger charge is -2.07. The molecular formula is C10H8ClF3N4. The summed E-state index contributed by atoms with van der Waals surface area (Å²) < 4.78 is 38.3. The van der Waals surface area contributed by atoms with Crippen LogP contribution in [-0.4, -0.2) is 14.8 Å². The maximum absolute atomic E-state index is 12.4. The molecule has 2 aromatic rings. The molecule has 0 spiro atoms. The van der Waals surface area contributed by atoms with Gasteiger partial charge in [0.1, 0.15) is 10.8 Å². The molecule has 2 N–H and O–H groups in total. The summed E-state index contributed by atoms with van der Waals surface area (Å²) in [5, 5.41) is 4.25. The van der Waals surface area contributed by atoms with Crippen LogP contribution in [0.25, 0.3) is 5.82 Å². The average Bonchev–Trinajstić information content (AvgIpc) is 2.56. The molecule has 96 valence electrons. The number of aromatic nitrogens is 3. The quantitative estimate of drug-likeness (QED) is 0.871. The molecule has 0 aliphatic rings. The number of aryl methyl sites for hydroxylation is 1. The summed E-state index contributed by atoms with van der Waals surface area (Å²) in [6, 6.07) is 2.09. The first kappa shape index (κ1) is 12.7. The SMILES string of the molecule is Cc1nn(-c2ccc(C(F)(F)F)cn2)c(N)c1Cl. The minimum atomic E-state index is -4.42. The maximum atomic E-state index is 12.4. The van der Waals surface area contributed by atoms with Gasteiger partial charge in [-0.2, -0.15) is 23.0 Å². The molecule has 0 aliphatic carbocycles. The van der Waals surface area contributed by atoms with Gasteiger partial charge >= 0.3 is 6.18 Å². The van der Waals surface area contributed by atoms with Crippen molar-refractivity contribution in [2.45, 2.75) is 13.1 Å². The molecule has 0 amide bonds. The van der Waals surface area contributed by atoms with Crippen LogP contribution >= 0.6 is 11.6 Å². The summed E-state index contributed by atoms with van der Waals surface area (Å²) in [5.41, 5.74) is 5.31. The second-order valence-electron chi connectivity index (χ2n) is 3.60. The van der Waals surface area contributed by atoms with Crippen molar-refractivity contribution in [3.63, 3.8) is 0 Å². The Bertz CT molecular complexity index is 574. The second kappa shape index (κ2) is 4.16. The molecule has 4 nitrogen and oxygen atoms in total. The molecule has 0 radical (unpaired) electrons. The first-order valence-corrected chi connectivity index (χ1v) is 5.22. The molecule has 2 heterocycles. The largest absolute Gasteiger partial charge is 0.417 e. The summed E-state index contributed by atoms with van der Waals surface area (Å²) in [7, 11) is 0. The Labute approximate surface area is 105 Å². The number of hydrogen-bond donors (Lipinski definition) is 1. The van der Waals surface area contributed by atoms with Gasteiger partial charge in [0.2, 0.25) is 0 Å². The van der Waals surface area contributed by atoms with E-state index < -0.39 is 11.7 Å². The summed E-state index contributed by atoms with van der Waals surface area (Å²) in [4.78, 5) is 3.67. The highest BCUT2D eigenvalue weighted by Crippen LogP contribution is 2.29. The summed E-state index contributed by atoms with van der Waals surface area (Å²) in [6.45, 7) is 1.64. The van der Waals surface area contributed by atoms with Crippen molar-refractivity contribution in [3.8, 4) is 5.82 Å². The molecule has 0 aliphatic heterocycles. The van der Waals surface area contributed by atoms with Gasteiger partial charge in [-0.15, -0.1) is 0 Å². The summed E-state index contributed by atoms with van der Waals surface area (Å²) in [5.74, 6) is 0.317. The van der Waals surface area contributed by atoms with Crippen molar-refractivity contribution >= 4 is 17.4 Å². The number of hydrogen-bond acceptors (Lipinski definition) is 3. The van der Waals surface area contributed by atoms with E-state index in [2.05, 4.69) is 10.1 Å². The van der Waals surface area contributed by atoms with Crippen molar-refractivity contribution in [1.29, 1.82) is 0 Å². The van der Waals surface area contributed by atoms with E-state index in [4.69, 9.17) is 17.3 Å². The van der Waals surface area contributed by atoms with Gasteiger partial charge in [0.25, 0.3) is 0 Å². The Kier molecular flexibility index (Phi) is 2.94. The van der Waals surface area contributed by atoms with Crippen LogP contribution in [0.4, 0.5) is 19.0 Å². The first-order valence-electron chi connectivity index (χ1n) is 4.85. The van der Waals surface area contributed by atoms with Gasteiger partial charge < -0.3 is 5.73 Å². The van der Waals surface area contributed by atoms with Gasteiger partial charge in [0.15, 0.2) is 5.82 Å². The lowest BCUT2D eigenvalue weighted by atomic mass is 10.3. The third-order valence-electron chi connectivity index (χ3n) is 2.31. The minimum absolute atomic E-state index is 0.140. The Morgan fingerprint density at radius 3 is 2.39 bits per heavy atom. The Morgan fingerprint density at radius 2 is 2.00 bits per heavy atom. The van der Waals surface area contributed by atoms with E-state index in [1.165, 1.54) is 10.7 Å². The lowest BCUT2D eigenvalue weighted by molar-refractivity contribution is -0.137. The molecule has 0 atom stereocenters. The van der Waals surface area contributed by atoms with E-state index in [0.717, 1.165) is 12.3 Å². The van der Waals surface area contributed by atoms with Crippen molar-refractivity contribution in [3.05, 3.63) is 34.6 Å². The number of nitrogens with zero attached hydrogens (tertiary/aromatic N) is 3. The molecule has 2 aromatic heterocycles. The van der Waals surface area contributed by atoms with Crippen molar-refractivity contribution in [2.24, 2.45) is 0 Å². The zero-order valence-electron chi connectivity index (χ0n) is 9.16. The third kappa shape index (κ3) is 2.13. The van der Waals surface area contributed by atoms with E-state index in [1.807, 2.05) is 0 Å². The predicted octanol–water partition coefficient (Wildman–Crippen LogP) is 2.83. The van der Waals surface area contributed by atoms with Crippen molar-refractivity contribution in [2.75, 3.05) is 5.73 Å². The molecule has 0 saturated heterocycles. The molecule has 0 unspecified atom stereocenters. The standard InChI is InChI=1S/C10H8ClF3N4/c1-5-8(11)9(15)18(17-5)7-3-2-6(4-16-7)10(12,13)14/h2-4H,15H2,1H3. The average molecular weight is 277 g/mol. The Morgan fingerprint density at radius 1 is 1.33 bits per heavy atom. The fraction of sp³-hybridized carbons (Fsp3) is 0.200. The molecule has 8 heteroatoms. The fourth-order valence-corrected chi connectivity index (χ4v) is 1.50. The van der Waals surface area contributed by atoms with E-state index in [9.17, 15) is 13.2 Å². The highest BCUT2D eigenvalue weighted by Gasteiger charge is 2.30. The Balaban J connectivity index is 2.44. The smallest absolute Gasteiger partial charge is 0.382 e. The van der Waals surface area contributed by atoms with E-state index in [1.54, 1.807) is 6.92 Å². The number of nitrogens with two attached hydrogens (primary N) is 1. The highest BCUT2D eigenvalue weighted by molar-refractivity contribution is 6.33. The van der Waals surface area contributed by atoms with E-state index in [-0.39, 0.29) is 16.7 Å². The molecule has 18 heavy (non-hydrogen) atoms. The molecular weight excluding hydrogens is 269 g/mol. The zero-order valence-corrected chi connectivity index (χ0v) is 9.92. The number of pyridine rings is 1. The van der Waals surface area contributed by atoms with Crippen LogP contribution in [0.1, 0.15) is 11.3 Å². The van der Waals surface area contributed by atoms with Crippen molar-refractivity contribution < 1.29 is 13.2 Å². The topological polar surface area (TPSA) is 56.7 Å². The van der Waals surface area contributed by atoms with Crippen LogP contribution in [0.2, 0.25) is 5.02 Å². The van der Waals surface area contributed by atoms with Crippen LogP contribution in [0, 0.1) is 6.92 Å². The van der Waals surface area contributed by atoms with Gasteiger partial charge in [0, 0.05) is 6.20 Å². The second-order valence-corrected chi connectivity index (χ2v) is 3.98.